The minimum Gasteiger partial charge on any atom is -0.488 e. The van der Waals surface area contributed by atoms with E-state index < -0.39 is 11.9 Å². The van der Waals surface area contributed by atoms with Crippen molar-refractivity contribution in [3.8, 4) is 5.75 Å². The lowest BCUT2D eigenvalue weighted by Crippen LogP contribution is -2.11. The number of aliphatic carboxylic acids is 1. The third-order valence-electron chi connectivity index (χ3n) is 7.91. The van der Waals surface area contributed by atoms with Crippen LogP contribution < -0.4 is 4.74 Å². The number of hydrogen-bond donors (Lipinski definition) is 2. The molecule has 2 N–H and O–H groups in total. The number of allylic oxidation sites excluding steroid dienone is 1. The molecule has 4 rings (SSSR count). The fourth-order valence-corrected chi connectivity index (χ4v) is 5.11. The Balaban J connectivity index is 1.47. The molecule has 1 aliphatic rings. The van der Waals surface area contributed by atoms with Crippen molar-refractivity contribution < 1.29 is 24.5 Å². The SMILES string of the molecule is CC(C)(C)c1ccc(COc2ccccc2/C=C/[C@@H](CCC2(CC(=O)O)CC2)Cc2ccc(C(=O)O)cc2)cc1. The smallest absolute Gasteiger partial charge is 0.335 e. The van der Waals surface area contributed by atoms with Gasteiger partial charge in [-0.25, -0.2) is 4.79 Å². The summed E-state index contributed by atoms with van der Waals surface area (Å²) in [6.45, 7) is 7.09. The first-order valence-electron chi connectivity index (χ1n) is 14.1. The van der Waals surface area contributed by atoms with Crippen LogP contribution in [-0.4, -0.2) is 22.2 Å². The first kappa shape index (κ1) is 29.1. The fraction of sp³-hybridized carbons (Fsp3) is 0.371. The maximum absolute atomic E-state index is 11.4. The summed E-state index contributed by atoms with van der Waals surface area (Å²) in [6.07, 6.45) is 8.95. The Morgan fingerprint density at radius 2 is 1.57 bits per heavy atom. The van der Waals surface area contributed by atoms with Crippen molar-refractivity contribution in [1.29, 1.82) is 0 Å². The van der Waals surface area contributed by atoms with Crippen LogP contribution in [0.25, 0.3) is 6.08 Å². The number of para-hydroxylation sites is 1. The largest absolute Gasteiger partial charge is 0.488 e. The van der Waals surface area contributed by atoms with Crippen molar-refractivity contribution in [3.05, 3.63) is 107 Å². The first-order chi connectivity index (χ1) is 19.0. The van der Waals surface area contributed by atoms with Crippen molar-refractivity contribution in [3.63, 3.8) is 0 Å². The highest BCUT2D eigenvalue weighted by Crippen LogP contribution is 2.53. The number of benzene rings is 3. The van der Waals surface area contributed by atoms with Crippen LogP contribution in [0.5, 0.6) is 5.75 Å². The van der Waals surface area contributed by atoms with Gasteiger partial charge >= 0.3 is 11.9 Å². The molecule has 1 saturated carbocycles. The molecule has 40 heavy (non-hydrogen) atoms. The number of carboxylic acids is 2. The molecule has 1 fully saturated rings. The molecule has 0 amide bonds. The van der Waals surface area contributed by atoms with Gasteiger partial charge in [0, 0.05) is 5.56 Å². The minimum absolute atomic E-state index is 0.0748. The Morgan fingerprint density at radius 1 is 0.925 bits per heavy atom. The second-order valence-electron chi connectivity index (χ2n) is 12.2. The van der Waals surface area contributed by atoms with Crippen LogP contribution in [0.3, 0.4) is 0 Å². The third-order valence-corrected chi connectivity index (χ3v) is 7.91. The first-order valence-corrected chi connectivity index (χ1v) is 14.1. The Morgan fingerprint density at radius 3 is 2.17 bits per heavy atom. The highest BCUT2D eigenvalue weighted by molar-refractivity contribution is 5.87. The van der Waals surface area contributed by atoms with Crippen LogP contribution in [0.1, 0.15) is 85.5 Å². The van der Waals surface area contributed by atoms with E-state index in [2.05, 4.69) is 57.2 Å². The molecule has 3 aromatic rings. The molecule has 0 saturated heterocycles. The van der Waals surface area contributed by atoms with Crippen molar-refractivity contribution in [2.45, 2.75) is 71.3 Å². The summed E-state index contributed by atoms with van der Waals surface area (Å²) in [7, 11) is 0. The van der Waals surface area contributed by atoms with Gasteiger partial charge in [0.15, 0.2) is 0 Å². The monoisotopic (exact) mass is 540 g/mol. The van der Waals surface area contributed by atoms with E-state index >= 15 is 0 Å². The highest BCUT2D eigenvalue weighted by atomic mass is 16.5. The molecular weight excluding hydrogens is 500 g/mol. The van der Waals surface area contributed by atoms with E-state index in [1.54, 1.807) is 12.1 Å². The quantitative estimate of drug-likeness (QED) is 0.228. The molecule has 0 aromatic heterocycles. The molecule has 0 aliphatic heterocycles. The Kier molecular flexibility index (Phi) is 9.14. The minimum atomic E-state index is -0.936. The van der Waals surface area contributed by atoms with E-state index in [1.165, 1.54) is 5.56 Å². The van der Waals surface area contributed by atoms with Crippen molar-refractivity contribution >= 4 is 18.0 Å². The van der Waals surface area contributed by atoms with Gasteiger partial charge in [0.2, 0.25) is 0 Å². The number of carbonyl (C=O) groups is 2. The van der Waals surface area contributed by atoms with Gasteiger partial charge in [-0.2, -0.15) is 0 Å². The Labute approximate surface area is 237 Å². The van der Waals surface area contributed by atoms with Crippen LogP contribution in [0.15, 0.2) is 78.9 Å². The number of hydrogen-bond acceptors (Lipinski definition) is 3. The summed E-state index contributed by atoms with van der Waals surface area (Å²) < 4.78 is 6.23. The zero-order valence-electron chi connectivity index (χ0n) is 23.7. The lowest BCUT2D eigenvalue weighted by atomic mass is 9.87. The molecule has 5 heteroatoms. The Hall–Kier alpha value is -3.86. The van der Waals surface area contributed by atoms with Gasteiger partial charge in [0.1, 0.15) is 12.4 Å². The van der Waals surface area contributed by atoms with E-state index in [0.717, 1.165) is 54.5 Å². The predicted octanol–water partition coefficient (Wildman–Crippen LogP) is 8.17. The van der Waals surface area contributed by atoms with Crippen molar-refractivity contribution in [2.75, 3.05) is 0 Å². The van der Waals surface area contributed by atoms with E-state index in [1.807, 2.05) is 36.4 Å². The fourth-order valence-electron chi connectivity index (χ4n) is 5.11. The van der Waals surface area contributed by atoms with E-state index in [-0.39, 0.29) is 28.7 Å². The molecule has 5 nitrogen and oxygen atoms in total. The molecule has 0 radical (unpaired) electrons. The standard InChI is InChI=1S/C35H40O5/c1-34(2,3)30-16-11-27(12-17-30)24-40-31-7-5-4-6-28(31)13-8-26(18-19-35(20-21-35)23-32(36)37)22-25-9-14-29(15-10-25)33(38)39/h4-17,26H,18-24H2,1-3H3,(H,36,37)(H,38,39)/b13-8+/t26-/m0/s1. The predicted molar refractivity (Wildman–Crippen MR) is 159 cm³/mol. The van der Waals surface area contributed by atoms with Gasteiger partial charge in [0.25, 0.3) is 0 Å². The normalized spacial score (nSPS) is 15.1. The third kappa shape index (κ3) is 8.32. The van der Waals surface area contributed by atoms with Gasteiger partial charge < -0.3 is 14.9 Å². The van der Waals surface area contributed by atoms with Crippen LogP contribution in [0.4, 0.5) is 0 Å². The Bertz CT molecular complexity index is 1330. The number of aromatic carboxylic acids is 1. The van der Waals surface area contributed by atoms with E-state index in [9.17, 15) is 19.8 Å². The van der Waals surface area contributed by atoms with Crippen LogP contribution in [-0.2, 0) is 23.2 Å². The number of carboxylic acid groups (broad SMARTS) is 2. The average molecular weight is 541 g/mol. The van der Waals surface area contributed by atoms with E-state index in [0.29, 0.717) is 6.61 Å². The van der Waals surface area contributed by atoms with Gasteiger partial charge in [-0.1, -0.05) is 87.5 Å². The van der Waals surface area contributed by atoms with Crippen LogP contribution in [0, 0.1) is 11.3 Å². The molecule has 0 bridgehead atoms. The van der Waals surface area contributed by atoms with Gasteiger partial charge in [0.05, 0.1) is 12.0 Å². The van der Waals surface area contributed by atoms with Gasteiger partial charge in [-0.05, 0) is 83.7 Å². The molecule has 0 spiro atoms. The van der Waals surface area contributed by atoms with Crippen molar-refractivity contribution in [2.24, 2.45) is 11.3 Å². The number of ether oxygens (including phenoxy) is 1. The summed E-state index contributed by atoms with van der Waals surface area (Å²) in [6, 6.07) is 23.6. The lowest BCUT2D eigenvalue weighted by molar-refractivity contribution is -0.138. The zero-order chi connectivity index (χ0) is 28.8. The summed E-state index contributed by atoms with van der Waals surface area (Å²) in [5.41, 5.74) is 4.76. The molecule has 1 aliphatic carbocycles. The van der Waals surface area contributed by atoms with Crippen LogP contribution in [0.2, 0.25) is 0 Å². The summed E-state index contributed by atoms with van der Waals surface area (Å²) in [5, 5.41) is 18.6. The van der Waals surface area contributed by atoms with Crippen LogP contribution >= 0.6 is 0 Å². The van der Waals surface area contributed by atoms with Crippen molar-refractivity contribution in [1.82, 2.24) is 0 Å². The van der Waals surface area contributed by atoms with E-state index in [4.69, 9.17) is 4.74 Å². The molecule has 0 unspecified atom stereocenters. The van der Waals surface area contributed by atoms with Gasteiger partial charge in [-0.15, -0.1) is 0 Å². The second-order valence-corrected chi connectivity index (χ2v) is 12.2. The highest BCUT2D eigenvalue weighted by Gasteiger charge is 2.43. The summed E-state index contributed by atoms with van der Waals surface area (Å²) in [5.74, 6) is -0.672. The molecule has 3 aromatic carbocycles. The zero-order valence-corrected chi connectivity index (χ0v) is 23.7. The topological polar surface area (TPSA) is 83.8 Å². The molecule has 1 atom stereocenters. The molecule has 210 valence electrons. The lowest BCUT2D eigenvalue weighted by Gasteiger charge is -2.19. The maximum atomic E-state index is 11.4. The average Bonchev–Trinajstić information content (AvgIpc) is 3.68. The molecular formula is C35H40O5. The molecule has 0 heterocycles. The van der Waals surface area contributed by atoms with Gasteiger partial charge in [-0.3, -0.25) is 4.79 Å². The summed E-state index contributed by atoms with van der Waals surface area (Å²) in [4.78, 5) is 22.6. The maximum Gasteiger partial charge on any atom is 0.335 e. The summed E-state index contributed by atoms with van der Waals surface area (Å²) >= 11 is 0. The second kappa shape index (κ2) is 12.5. The number of rotatable bonds is 13.